The molecule has 1 aliphatic heterocycles. The van der Waals surface area contributed by atoms with Crippen LogP contribution in [0.5, 0.6) is 0 Å². The van der Waals surface area contributed by atoms with Crippen LogP contribution in [0.2, 0.25) is 0 Å². The van der Waals surface area contributed by atoms with Crippen LogP contribution in [0.25, 0.3) is 0 Å². The predicted octanol–water partition coefficient (Wildman–Crippen LogP) is 0.760. The topological polar surface area (TPSA) is 35.2 Å². The van der Waals surface area contributed by atoms with Crippen molar-refractivity contribution < 1.29 is 4.74 Å². The van der Waals surface area contributed by atoms with E-state index in [-0.39, 0.29) is 0 Å². The van der Waals surface area contributed by atoms with Gasteiger partial charge in [0.25, 0.3) is 0 Å². The number of hydrogen-bond acceptors (Lipinski definition) is 2. The Morgan fingerprint density at radius 1 is 1.40 bits per heavy atom. The van der Waals surface area contributed by atoms with Crippen LogP contribution in [0, 0.1) is 10.8 Å². The SMILES string of the molecule is CC1(C)COCC12CC2N. The van der Waals surface area contributed by atoms with Crippen LogP contribution in [0.1, 0.15) is 20.3 Å². The lowest BCUT2D eigenvalue weighted by Crippen LogP contribution is -2.29. The van der Waals surface area contributed by atoms with Crippen molar-refractivity contribution in [3.63, 3.8) is 0 Å². The summed E-state index contributed by atoms with van der Waals surface area (Å²) < 4.78 is 5.43. The van der Waals surface area contributed by atoms with Gasteiger partial charge in [-0.2, -0.15) is 0 Å². The van der Waals surface area contributed by atoms with Crippen LogP contribution < -0.4 is 5.73 Å². The Labute approximate surface area is 61.7 Å². The average Bonchev–Trinajstić information content (AvgIpc) is 2.34. The molecule has 0 aromatic rings. The molecule has 2 atom stereocenters. The minimum absolute atomic E-state index is 0.326. The zero-order chi connectivity index (χ0) is 7.41. The lowest BCUT2D eigenvalue weighted by molar-refractivity contribution is 0.166. The van der Waals surface area contributed by atoms with E-state index >= 15 is 0 Å². The van der Waals surface area contributed by atoms with Gasteiger partial charge in [0.05, 0.1) is 13.2 Å². The highest BCUT2D eigenvalue weighted by atomic mass is 16.5. The van der Waals surface area contributed by atoms with E-state index in [1.54, 1.807) is 0 Å². The van der Waals surface area contributed by atoms with E-state index in [4.69, 9.17) is 10.5 Å². The molecule has 2 N–H and O–H groups in total. The molecule has 0 aromatic heterocycles. The molecule has 58 valence electrons. The lowest BCUT2D eigenvalue weighted by atomic mass is 9.78. The molecule has 0 aromatic carbocycles. The number of rotatable bonds is 0. The summed E-state index contributed by atoms with van der Waals surface area (Å²) >= 11 is 0. The summed E-state index contributed by atoms with van der Waals surface area (Å²) in [5.41, 5.74) is 6.54. The van der Waals surface area contributed by atoms with Gasteiger partial charge in [0.2, 0.25) is 0 Å². The predicted molar refractivity (Wildman–Crippen MR) is 39.6 cm³/mol. The minimum atomic E-state index is 0.326. The third-order valence-corrected chi connectivity index (χ3v) is 3.30. The Kier molecular flexibility index (Phi) is 1.03. The van der Waals surface area contributed by atoms with Crippen molar-refractivity contribution in [3.05, 3.63) is 0 Å². The standard InChI is InChI=1S/C8H15NO/c1-7(2)4-10-5-8(7)3-6(8)9/h6H,3-5,9H2,1-2H3. The summed E-state index contributed by atoms with van der Waals surface area (Å²) in [5.74, 6) is 0. The summed E-state index contributed by atoms with van der Waals surface area (Å²) in [6, 6.07) is 0.407. The van der Waals surface area contributed by atoms with Gasteiger partial charge in [-0.25, -0.2) is 0 Å². The van der Waals surface area contributed by atoms with Crippen molar-refractivity contribution >= 4 is 0 Å². The second kappa shape index (κ2) is 1.56. The first-order valence-electron chi connectivity index (χ1n) is 3.92. The summed E-state index contributed by atoms with van der Waals surface area (Å²) in [6.07, 6.45) is 1.17. The molecular formula is C8H15NO. The van der Waals surface area contributed by atoms with Gasteiger partial charge in [-0.1, -0.05) is 13.8 Å². The molecule has 2 unspecified atom stereocenters. The van der Waals surface area contributed by atoms with E-state index in [1.165, 1.54) is 6.42 Å². The van der Waals surface area contributed by atoms with Gasteiger partial charge in [0.1, 0.15) is 0 Å². The zero-order valence-electron chi connectivity index (χ0n) is 6.68. The molecule has 2 heteroatoms. The molecule has 2 aliphatic rings. The number of ether oxygens (including phenoxy) is 1. The second-order valence-corrected chi connectivity index (χ2v) is 4.34. The monoisotopic (exact) mass is 141 g/mol. The van der Waals surface area contributed by atoms with Gasteiger partial charge in [0.15, 0.2) is 0 Å². The van der Waals surface area contributed by atoms with Crippen molar-refractivity contribution in [2.45, 2.75) is 26.3 Å². The normalized spacial score (nSPS) is 50.1. The van der Waals surface area contributed by atoms with Crippen molar-refractivity contribution in [1.82, 2.24) is 0 Å². The molecule has 2 nitrogen and oxygen atoms in total. The molecule has 1 heterocycles. The molecular weight excluding hydrogens is 126 g/mol. The Bertz CT molecular complexity index is 167. The van der Waals surface area contributed by atoms with Crippen molar-refractivity contribution in [1.29, 1.82) is 0 Å². The second-order valence-electron chi connectivity index (χ2n) is 4.34. The fourth-order valence-corrected chi connectivity index (χ4v) is 2.11. The molecule has 0 radical (unpaired) electrons. The first kappa shape index (κ1) is 6.62. The van der Waals surface area contributed by atoms with E-state index in [2.05, 4.69) is 13.8 Å². The van der Waals surface area contributed by atoms with Crippen LogP contribution in [0.4, 0.5) is 0 Å². The Morgan fingerprint density at radius 3 is 2.20 bits per heavy atom. The van der Waals surface area contributed by atoms with Gasteiger partial charge in [0, 0.05) is 11.5 Å². The Morgan fingerprint density at radius 2 is 2.00 bits per heavy atom. The molecule has 10 heavy (non-hydrogen) atoms. The smallest absolute Gasteiger partial charge is 0.0544 e. The summed E-state index contributed by atoms with van der Waals surface area (Å²) in [4.78, 5) is 0. The van der Waals surface area contributed by atoms with Gasteiger partial charge < -0.3 is 10.5 Å². The van der Waals surface area contributed by atoms with E-state index in [9.17, 15) is 0 Å². The van der Waals surface area contributed by atoms with Crippen LogP contribution in [0.15, 0.2) is 0 Å². The highest BCUT2D eigenvalue weighted by Gasteiger charge is 2.64. The fourth-order valence-electron chi connectivity index (χ4n) is 2.11. The van der Waals surface area contributed by atoms with E-state index < -0.39 is 0 Å². The van der Waals surface area contributed by atoms with Gasteiger partial charge in [-0.15, -0.1) is 0 Å². The van der Waals surface area contributed by atoms with Crippen LogP contribution in [-0.4, -0.2) is 19.3 Å². The maximum atomic E-state index is 5.86. The van der Waals surface area contributed by atoms with Gasteiger partial charge in [-0.05, 0) is 11.8 Å². The van der Waals surface area contributed by atoms with Crippen molar-refractivity contribution in [3.8, 4) is 0 Å². The Hall–Kier alpha value is -0.0800. The van der Waals surface area contributed by atoms with E-state index in [0.717, 1.165) is 13.2 Å². The average molecular weight is 141 g/mol. The summed E-state index contributed by atoms with van der Waals surface area (Å²) in [7, 11) is 0. The van der Waals surface area contributed by atoms with Gasteiger partial charge >= 0.3 is 0 Å². The molecule has 0 amide bonds. The highest BCUT2D eigenvalue weighted by molar-refractivity contribution is 5.15. The van der Waals surface area contributed by atoms with Crippen LogP contribution >= 0.6 is 0 Å². The van der Waals surface area contributed by atoms with Crippen molar-refractivity contribution in [2.75, 3.05) is 13.2 Å². The third kappa shape index (κ3) is 0.565. The first-order valence-corrected chi connectivity index (χ1v) is 3.92. The third-order valence-electron chi connectivity index (χ3n) is 3.30. The molecule has 1 aliphatic carbocycles. The summed E-state index contributed by atoms with van der Waals surface area (Å²) in [5, 5.41) is 0. The van der Waals surface area contributed by atoms with Gasteiger partial charge in [-0.3, -0.25) is 0 Å². The molecule has 2 fully saturated rings. The maximum Gasteiger partial charge on any atom is 0.0544 e. The highest BCUT2D eigenvalue weighted by Crippen LogP contribution is 2.60. The fraction of sp³-hybridized carbons (Fsp3) is 1.00. The largest absolute Gasteiger partial charge is 0.380 e. The maximum absolute atomic E-state index is 5.86. The molecule has 1 saturated heterocycles. The first-order chi connectivity index (χ1) is 4.58. The molecule has 1 spiro atoms. The van der Waals surface area contributed by atoms with E-state index in [0.29, 0.717) is 16.9 Å². The quantitative estimate of drug-likeness (QED) is 0.540. The number of hydrogen-bond donors (Lipinski definition) is 1. The lowest BCUT2D eigenvalue weighted by Gasteiger charge is -2.24. The summed E-state index contributed by atoms with van der Waals surface area (Å²) in [6.45, 7) is 6.29. The van der Waals surface area contributed by atoms with Crippen LogP contribution in [0.3, 0.4) is 0 Å². The zero-order valence-corrected chi connectivity index (χ0v) is 6.68. The molecule has 0 bridgehead atoms. The van der Waals surface area contributed by atoms with E-state index in [1.807, 2.05) is 0 Å². The minimum Gasteiger partial charge on any atom is -0.380 e. The Balaban J connectivity index is 2.23. The van der Waals surface area contributed by atoms with Crippen molar-refractivity contribution in [2.24, 2.45) is 16.6 Å². The number of nitrogens with two attached hydrogens (primary N) is 1. The van der Waals surface area contributed by atoms with Crippen LogP contribution in [-0.2, 0) is 4.74 Å². The molecule has 1 saturated carbocycles. The molecule has 2 rings (SSSR count).